The first-order valence-electron chi connectivity index (χ1n) is 7.02. The summed E-state index contributed by atoms with van der Waals surface area (Å²) in [4.78, 5) is 13.5. The minimum absolute atomic E-state index is 0.310. The number of carbonyl (C=O) groups is 1. The summed E-state index contributed by atoms with van der Waals surface area (Å²) in [6, 6.07) is 0. The first kappa shape index (κ1) is 15.2. The summed E-state index contributed by atoms with van der Waals surface area (Å²) in [5.74, 6) is -0.891. The number of carboxylic acid groups (broad SMARTS) is 1. The Labute approximate surface area is 122 Å². The summed E-state index contributed by atoms with van der Waals surface area (Å²) >= 11 is 1.51. The maximum absolute atomic E-state index is 11.6. The fourth-order valence-electron chi connectivity index (χ4n) is 2.76. The number of hydrogen-bond acceptors (Lipinski definition) is 6. The number of aliphatic hydroxyl groups is 1. The smallest absolute Gasteiger partial charge is 0.312 e. The first-order valence-corrected chi connectivity index (χ1v) is 7.84. The maximum Gasteiger partial charge on any atom is 0.312 e. The van der Waals surface area contributed by atoms with E-state index in [0.29, 0.717) is 25.9 Å². The largest absolute Gasteiger partial charge is 0.481 e. The molecule has 1 aromatic rings. The molecule has 1 aliphatic rings. The van der Waals surface area contributed by atoms with Gasteiger partial charge in [-0.15, -0.1) is 10.2 Å². The number of piperidine rings is 1. The molecule has 0 radical (unpaired) electrons. The molecule has 2 N–H and O–H groups in total. The van der Waals surface area contributed by atoms with Crippen molar-refractivity contribution < 1.29 is 15.0 Å². The average Bonchev–Trinajstić information content (AvgIpc) is 2.89. The van der Waals surface area contributed by atoms with Crippen LogP contribution in [0.2, 0.25) is 0 Å². The molecule has 0 saturated carbocycles. The van der Waals surface area contributed by atoms with Gasteiger partial charge in [0.1, 0.15) is 5.01 Å². The van der Waals surface area contributed by atoms with Crippen molar-refractivity contribution in [3.05, 3.63) is 5.01 Å². The topological polar surface area (TPSA) is 86.5 Å². The number of aromatic nitrogens is 2. The van der Waals surface area contributed by atoms with Crippen LogP contribution in [-0.2, 0) is 11.2 Å². The first-order chi connectivity index (χ1) is 9.53. The van der Waals surface area contributed by atoms with Crippen molar-refractivity contribution in [2.24, 2.45) is 5.41 Å². The summed E-state index contributed by atoms with van der Waals surface area (Å²) < 4.78 is 0. The van der Waals surface area contributed by atoms with E-state index in [-0.39, 0.29) is 0 Å². The van der Waals surface area contributed by atoms with Gasteiger partial charge in [0.25, 0.3) is 0 Å². The van der Waals surface area contributed by atoms with E-state index in [9.17, 15) is 15.0 Å². The van der Waals surface area contributed by atoms with Crippen LogP contribution in [0.1, 0.15) is 38.1 Å². The van der Waals surface area contributed by atoms with Crippen LogP contribution >= 0.6 is 11.3 Å². The quantitative estimate of drug-likeness (QED) is 0.857. The van der Waals surface area contributed by atoms with Gasteiger partial charge in [0.2, 0.25) is 5.13 Å². The summed E-state index contributed by atoms with van der Waals surface area (Å²) in [5, 5.41) is 29.8. The molecule has 0 aliphatic carbocycles. The molecule has 20 heavy (non-hydrogen) atoms. The van der Waals surface area contributed by atoms with Crippen LogP contribution in [0.25, 0.3) is 0 Å². The van der Waals surface area contributed by atoms with E-state index >= 15 is 0 Å². The number of anilines is 1. The number of aliphatic carboxylic acids is 1. The molecular weight excluding hydrogens is 278 g/mol. The van der Waals surface area contributed by atoms with E-state index in [2.05, 4.69) is 10.2 Å². The Morgan fingerprint density at radius 1 is 1.50 bits per heavy atom. The Morgan fingerprint density at radius 2 is 2.25 bits per heavy atom. The average molecular weight is 299 g/mol. The molecule has 2 atom stereocenters. The highest BCUT2D eigenvalue weighted by Gasteiger charge is 2.48. The number of nitrogens with zero attached hydrogens (tertiary/aromatic N) is 3. The van der Waals surface area contributed by atoms with Gasteiger partial charge in [-0.05, 0) is 19.3 Å². The number of rotatable bonds is 5. The molecule has 112 valence electrons. The predicted octanol–water partition coefficient (Wildman–Crippen LogP) is 1.54. The molecule has 1 aromatic heterocycles. The molecule has 1 fully saturated rings. The summed E-state index contributed by atoms with van der Waals surface area (Å²) in [6.07, 6.45) is 1.67. The Morgan fingerprint density at radius 3 is 2.75 bits per heavy atom. The molecule has 0 amide bonds. The second-order valence-corrected chi connectivity index (χ2v) is 6.30. The zero-order chi connectivity index (χ0) is 14.8. The van der Waals surface area contributed by atoms with Crippen molar-refractivity contribution >= 4 is 22.4 Å². The van der Waals surface area contributed by atoms with Crippen LogP contribution in [0.15, 0.2) is 0 Å². The second kappa shape index (κ2) is 6.05. The van der Waals surface area contributed by atoms with Crippen molar-refractivity contribution in [2.75, 3.05) is 18.0 Å². The van der Waals surface area contributed by atoms with Gasteiger partial charge in [0, 0.05) is 13.1 Å². The third-order valence-electron chi connectivity index (χ3n) is 4.01. The van der Waals surface area contributed by atoms with Crippen LogP contribution in [0.3, 0.4) is 0 Å². The highest BCUT2D eigenvalue weighted by Crippen LogP contribution is 2.38. The van der Waals surface area contributed by atoms with E-state index in [1.807, 2.05) is 18.7 Å². The lowest BCUT2D eigenvalue weighted by molar-refractivity contribution is -0.159. The van der Waals surface area contributed by atoms with Gasteiger partial charge in [0.15, 0.2) is 0 Å². The van der Waals surface area contributed by atoms with E-state index in [1.165, 1.54) is 11.3 Å². The van der Waals surface area contributed by atoms with E-state index in [4.69, 9.17) is 0 Å². The van der Waals surface area contributed by atoms with Crippen LogP contribution in [0.4, 0.5) is 5.13 Å². The van der Waals surface area contributed by atoms with E-state index in [1.54, 1.807) is 0 Å². The van der Waals surface area contributed by atoms with E-state index < -0.39 is 17.5 Å². The van der Waals surface area contributed by atoms with Gasteiger partial charge in [0.05, 0.1) is 11.5 Å². The molecule has 0 bridgehead atoms. The molecule has 0 aromatic carbocycles. The lowest BCUT2D eigenvalue weighted by Gasteiger charge is -2.42. The summed E-state index contributed by atoms with van der Waals surface area (Å²) in [7, 11) is 0. The molecule has 7 heteroatoms. The fourth-order valence-corrected chi connectivity index (χ4v) is 3.57. The van der Waals surface area contributed by atoms with Crippen molar-refractivity contribution in [1.82, 2.24) is 10.2 Å². The number of β-amino-alcohol motifs (C(OH)–C–C–N with tert-alkyl or cyclic N) is 1. The third-order valence-corrected chi connectivity index (χ3v) is 5.14. The van der Waals surface area contributed by atoms with Crippen LogP contribution in [-0.4, -0.2) is 45.6 Å². The number of aliphatic hydroxyl groups excluding tert-OH is 1. The minimum Gasteiger partial charge on any atom is -0.481 e. The van der Waals surface area contributed by atoms with Crippen molar-refractivity contribution in [2.45, 2.75) is 45.6 Å². The van der Waals surface area contributed by atoms with Gasteiger partial charge in [-0.25, -0.2) is 0 Å². The number of hydrogen-bond donors (Lipinski definition) is 2. The SMILES string of the molecule is CCC[C@]1(C(=O)O)CCN(c2nnc(CC)s2)C[C@H]1O. The molecule has 2 rings (SSSR count). The molecule has 6 nitrogen and oxygen atoms in total. The Hall–Kier alpha value is -1.21. The fraction of sp³-hybridized carbons (Fsp3) is 0.769. The standard InChI is InChI=1S/C13H21N3O3S/c1-3-5-13(11(18)19)6-7-16(8-9(13)17)12-15-14-10(4-2)20-12/h9,17H,3-8H2,1-2H3,(H,18,19)/t9-,13+/m1/s1. The maximum atomic E-state index is 11.6. The Kier molecular flexibility index (Phi) is 4.59. The third kappa shape index (κ3) is 2.64. The van der Waals surface area contributed by atoms with Gasteiger partial charge in [-0.2, -0.15) is 0 Å². The predicted molar refractivity (Wildman–Crippen MR) is 77.1 cm³/mol. The van der Waals surface area contributed by atoms with Crippen molar-refractivity contribution in [3.63, 3.8) is 0 Å². The Balaban J connectivity index is 2.13. The molecule has 0 spiro atoms. The molecule has 1 aliphatic heterocycles. The summed E-state index contributed by atoms with van der Waals surface area (Å²) in [5.41, 5.74) is -1.01. The zero-order valence-corrected chi connectivity index (χ0v) is 12.7. The highest BCUT2D eigenvalue weighted by molar-refractivity contribution is 7.15. The van der Waals surface area contributed by atoms with Crippen LogP contribution in [0.5, 0.6) is 0 Å². The van der Waals surface area contributed by atoms with Gasteiger partial charge < -0.3 is 15.1 Å². The molecule has 1 saturated heterocycles. The molecular formula is C13H21N3O3S. The van der Waals surface area contributed by atoms with Gasteiger partial charge in [-0.3, -0.25) is 4.79 Å². The van der Waals surface area contributed by atoms with Gasteiger partial charge in [-0.1, -0.05) is 31.6 Å². The van der Waals surface area contributed by atoms with Crippen LogP contribution in [0, 0.1) is 5.41 Å². The minimum atomic E-state index is -1.01. The Bertz CT molecular complexity index is 479. The highest BCUT2D eigenvalue weighted by atomic mass is 32.1. The van der Waals surface area contributed by atoms with Gasteiger partial charge >= 0.3 is 5.97 Å². The van der Waals surface area contributed by atoms with Crippen molar-refractivity contribution in [1.29, 1.82) is 0 Å². The molecule has 0 unspecified atom stereocenters. The lowest BCUT2D eigenvalue weighted by Crippen LogP contribution is -2.54. The van der Waals surface area contributed by atoms with Crippen molar-refractivity contribution in [3.8, 4) is 0 Å². The summed E-state index contributed by atoms with van der Waals surface area (Å²) in [6.45, 7) is 4.88. The number of carboxylic acids is 1. The normalized spacial score (nSPS) is 26.8. The zero-order valence-electron chi connectivity index (χ0n) is 11.9. The van der Waals surface area contributed by atoms with Crippen LogP contribution < -0.4 is 4.90 Å². The number of aryl methyl sites for hydroxylation is 1. The lowest BCUT2D eigenvalue weighted by atomic mass is 9.73. The molecule has 2 heterocycles. The monoisotopic (exact) mass is 299 g/mol. The van der Waals surface area contributed by atoms with E-state index in [0.717, 1.165) is 23.0 Å². The second-order valence-electron chi connectivity index (χ2n) is 5.26.